The van der Waals surface area contributed by atoms with Gasteiger partial charge in [-0.05, 0) is 18.6 Å². The minimum atomic E-state index is 0. The number of nitrogens with one attached hydrogen (secondary N) is 2. The number of rotatable bonds is 9. The molecule has 0 amide bonds. The van der Waals surface area contributed by atoms with Crippen molar-refractivity contribution in [2.45, 2.75) is 12.8 Å². The summed E-state index contributed by atoms with van der Waals surface area (Å²) in [5.41, 5.74) is 0.784. The molecule has 1 aliphatic heterocycles. The molecular formula is C21H30IN3O5. The van der Waals surface area contributed by atoms with Gasteiger partial charge < -0.3 is 34.0 Å². The van der Waals surface area contributed by atoms with Gasteiger partial charge in [-0.25, -0.2) is 0 Å². The van der Waals surface area contributed by atoms with Gasteiger partial charge in [0.05, 0.1) is 34.2 Å². The Morgan fingerprint density at radius 2 is 1.93 bits per heavy atom. The van der Waals surface area contributed by atoms with Crippen LogP contribution in [0.2, 0.25) is 0 Å². The highest BCUT2D eigenvalue weighted by atomic mass is 127. The molecule has 0 radical (unpaired) electrons. The minimum Gasteiger partial charge on any atom is -0.493 e. The van der Waals surface area contributed by atoms with Gasteiger partial charge in [0.15, 0.2) is 17.5 Å². The molecule has 166 valence electrons. The van der Waals surface area contributed by atoms with Gasteiger partial charge in [-0.2, -0.15) is 0 Å². The predicted octanol–water partition coefficient (Wildman–Crippen LogP) is 3.56. The van der Waals surface area contributed by atoms with E-state index in [0.717, 1.165) is 37.5 Å². The summed E-state index contributed by atoms with van der Waals surface area (Å²) in [6.07, 6.45) is 3.47. The number of hydrogen-bond acceptors (Lipinski definition) is 6. The fraction of sp³-hybridized carbons (Fsp3) is 0.476. The Labute approximate surface area is 194 Å². The molecule has 1 aromatic carbocycles. The molecule has 2 heterocycles. The number of guanidine groups is 1. The predicted molar refractivity (Wildman–Crippen MR) is 127 cm³/mol. The first kappa shape index (κ1) is 24.1. The summed E-state index contributed by atoms with van der Waals surface area (Å²) >= 11 is 0. The van der Waals surface area contributed by atoms with Gasteiger partial charge in [-0.15, -0.1) is 24.0 Å². The summed E-state index contributed by atoms with van der Waals surface area (Å²) in [5, 5.41) is 6.69. The normalized spacial score (nSPS) is 16.0. The number of methoxy groups -OCH3 is 3. The Morgan fingerprint density at radius 3 is 2.50 bits per heavy atom. The van der Waals surface area contributed by atoms with Crippen LogP contribution >= 0.6 is 24.0 Å². The van der Waals surface area contributed by atoms with Crippen molar-refractivity contribution in [2.75, 3.05) is 52.9 Å². The highest BCUT2D eigenvalue weighted by Crippen LogP contribution is 2.39. The van der Waals surface area contributed by atoms with Crippen molar-refractivity contribution < 1.29 is 23.4 Å². The van der Waals surface area contributed by atoms with Gasteiger partial charge in [0.2, 0.25) is 5.75 Å². The van der Waals surface area contributed by atoms with E-state index in [-0.39, 0.29) is 24.0 Å². The van der Waals surface area contributed by atoms with Crippen molar-refractivity contribution in [2.24, 2.45) is 10.9 Å². The van der Waals surface area contributed by atoms with Crippen LogP contribution < -0.4 is 24.8 Å². The van der Waals surface area contributed by atoms with Crippen LogP contribution in [0.15, 0.2) is 39.9 Å². The lowest BCUT2D eigenvalue weighted by Crippen LogP contribution is -2.33. The molecule has 2 N–H and O–H groups in total. The highest BCUT2D eigenvalue weighted by Gasteiger charge is 2.17. The van der Waals surface area contributed by atoms with Crippen LogP contribution in [0.25, 0.3) is 0 Å². The molecule has 1 atom stereocenters. The maximum atomic E-state index is 5.45. The van der Waals surface area contributed by atoms with E-state index < -0.39 is 0 Å². The maximum absolute atomic E-state index is 5.45. The van der Waals surface area contributed by atoms with Crippen LogP contribution in [0.3, 0.4) is 0 Å². The van der Waals surface area contributed by atoms with Crippen LogP contribution in [0, 0.1) is 5.92 Å². The zero-order valence-electron chi connectivity index (χ0n) is 17.6. The number of aliphatic imine (C=N–C) groups is 1. The summed E-state index contributed by atoms with van der Waals surface area (Å²) in [6.45, 7) is 2.94. The fourth-order valence-corrected chi connectivity index (χ4v) is 3.14. The van der Waals surface area contributed by atoms with Crippen LogP contribution in [-0.4, -0.2) is 53.6 Å². The third kappa shape index (κ3) is 6.69. The monoisotopic (exact) mass is 531 g/mol. The van der Waals surface area contributed by atoms with Crippen molar-refractivity contribution in [1.29, 1.82) is 0 Å². The van der Waals surface area contributed by atoms with Gasteiger partial charge in [0, 0.05) is 49.9 Å². The van der Waals surface area contributed by atoms with Gasteiger partial charge in [-0.3, -0.25) is 4.99 Å². The van der Waals surface area contributed by atoms with Crippen molar-refractivity contribution in [3.63, 3.8) is 0 Å². The van der Waals surface area contributed by atoms with E-state index in [0.29, 0.717) is 42.2 Å². The van der Waals surface area contributed by atoms with Crippen molar-refractivity contribution in [3.05, 3.63) is 36.3 Å². The molecular weight excluding hydrogens is 501 g/mol. The Balaban J connectivity index is 0.00000320. The first-order valence-electron chi connectivity index (χ1n) is 9.69. The summed E-state index contributed by atoms with van der Waals surface area (Å²) in [4.78, 5) is 4.74. The Bertz CT molecular complexity index is 767. The molecule has 1 aliphatic rings. The van der Waals surface area contributed by atoms with E-state index >= 15 is 0 Å². The first-order chi connectivity index (χ1) is 14.2. The molecule has 1 saturated heterocycles. The molecule has 1 fully saturated rings. The second-order valence-corrected chi connectivity index (χ2v) is 6.71. The summed E-state index contributed by atoms with van der Waals surface area (Å²) < 4.78 is 27.1. The molecule has 8 nitrogen and oxygen atoms in total. The van der Waals surface area contributed by atoms with E-state index in [4.69, 9.17) is 28.4 Å². The minimum absolute atomic E-state index is 0. The van der Waals surface area contributed by atoms with Crippen molar-refractivity contribution in [3.8, 4) is 17.2 Å². The fourth-order valence-electron chi connectivity index (χ4n) is 3.14. The van der Waals surface area contributed by atoms with Gasteiger partial charge in [0.1, 0.15) is 5.76 Å². The summed E-state index contributed by atoms with van der Waals surface area (Å²) in [5.74, 6) is 3.75. The Kier molecular flexibility index (Phi) is 10.1. The number of furan rings is 1. The zero-order valence-corrected chi connectivity index (χ0v) is 19.9. The van der Waals surface area contributed by atoms with Crippen LogP contribution in [-0.2, 0) is 11.2 Å². The lowest BCUT2D eigenvalue weighted by molar-refractivity contribution is 0.187. The van der Waals surface area contributed by atoms with Crippen LogP contribution in [0.1, 0.15) is 12.2 Å². The standard InChI is InChI=1S/C21H29N3O5.HI/c1-25-18-11-16(12-19(26-2)20(18)27-3)24-21(23-13-15-7-10-28-14-15)22-8-6-17-5-4-9-29-17;/h4-5,9,11-12,15H,6-8,10,13-14H2,1-3H3,(H2,22,23,24);1H. The summed E-state index contributed by atoms with van der Waals surface area (Å²) in [6, 6.07) is 7.55. The second kappa shape index (κ2) is 12.5. The van der Waals surface area contributed by atoms with Crippen molar-refractivity contribution >= 4 is 35.6 Å². The average Bonchev–Trinajstić information content (AvgIpc) is 3.45. The van der Waals surface area contributed by atoms with E-state index in [1.54, 1.807) is 27.6 Å². The molecule has 3 rings (SSSR count). The lowest BCUT2D eigenvalue weighted by Gasteiger charge is -2.17. The Hall–Kier alpha value is -2.14. The van der Waals surface area contributed by atoms with E-state index in [2.05, 4.69) is 10.6 Å². The number of nitrogens with zero attached hydrogens (tertiary/aromatic N) is 1. The number of hydrogen-bond donors (Lipinski definition) is 2. The topological polar surface area (TPSA) is 86.5 Å². The molecule has 0 bridgehead atoms. The maximum Gasteiger partial charge on any atom is 0.203 e. The molecule has 0 aliphatic carbocycles. The Morgan fingerprint density at radius 1 is 1.17 bits per heavy atom. The van der Waals surface area contributed by atoms with E-state index in [1.807, 2.05) is 24.3 Å². The number of halogens is 1. The molecule has 0 saturated carbocycles. The zero-order chi connectivity index (χ0) is 20.5. The van der Waals surface area contributed by atoms with E-state index in [9.17, 15) is 0 Å². The van der Waals surface area contributed by atoms with Crippen LogP contribution in [0.5, 0.6) is 17.2 Å². The number of ether oxygens (including phenoxy) is 4. The molecule has 0 spiro atoms. The molecule has 9 heteroatoms. The molecule has 1 unspecified atom stereocenters. The molecule has 1 aromatic heterocycles. The van der Waals surface area contributed by atoms with Gasteiger partial charge >= 0.3 is 0 Å². The summed E-state index contributed by atoms with van der Waals surface area (Å²) in [7, 11) is 4.77. The van der Waals surface area contributed by atoms with E-state index in [1.165, 1.54) is 0 Å². The van der Waals surface area contributed by atoms with Crippen LogP contribution in [0.4, 0.5) is 5.69 Å². The quantitative estimate of drug-likeness (QED) is 0.291. The van der Waals surface area contributed by atoms with Gasteiger partial charge in [-0.1, -0.05) is 0 Å². The number of benzene rings is 1. The third-order valence-corrected chi connectivity index (χ3v) is 4.70. The second-order valence-electron chi connectivity index (χ2n) is 6.71. The first-order valence-corrected chi connectivity index (χ1v) is 9.69. The third-order valence-electron chi connectivity index (χ3n) is 4.70. The lowest BCUT2D eigenvalue weighted by atomic mass is 10.1. The smallest absolute Gasteiger partial charge is 0.203 e. The number of anilines is 1. The largest absolute Gasteiger partial charge is 0.493 e. The highest BCUT2D eigenvalue weighted by molar-refractivity contribution is 14.0. The van der Waals surface area contributed by atoms with Gasteiger partial charge in [0.25, 0.3) is 0 Å². The van der Waals surface area contributed by atoms with Crippen molar-refractivity contribution in [1.82, 2.24) is 5.32 Å². The SMILES string of the molecule is COc1cc(NC(=NCC2CCOC2)NCCc2ccco2)cc(OC)c1OC.I. The molecule has 2 aromatic rings. The average molecular weight is 531 g/mol. The molecule has 30 heavy (non-hydrogen) atoms.